The molecule has 2 aliphatic rings. The molecule has 0 aromatic heterocycles. The first-order valence-electron chi connectivity index (χ1n) is 8.83. The van der Waals surface area contributed by atoms with Gasteiger partial charge in [0.25, 0.3) is 0 Å². The second-order valence-electron chi connectivity index (χ2n) is 6.58. The third-order valence-electron chi connectivity index (χ3n) is 5.00. The van der Waals surface area contributed by atoms with E-state index in [9.17, 15) is 10.1 Å². The van der Waals surface area contributed by atoms with Crippen LogP contribution in [0.5, 0.6) is 5.75 Å². The molecule has 1 fully saturated rings. The number of ether oxygens (including phenoxy) is 1. The number of benzene rings is 2. The van der Waals surface area contributed by atoms with Gasteiger partial charge in [-0.1, -0.05) is 41.6 Å². The zero-order chi connectivity index (χ0) is 19.7. The van der Waals surface area contributed by atoms with Gasteiger partial charge in [0, 0.05) is 28.6 Å². The molecule has 4 rings (SSSR count). The molecule has 1 saturated heterocycles. The average Bonchev–Trinajstić information content (AvgIpc) is 2.74. The molecule has 2 aliphatic heterocycles. The van der Waals surface area contributed by atoms with Crippen LogP contribution in [0.3, 0.4) is 0 Å². The van der Waals surface area contributed by atoms with Gasteiger partial charge >= 0.3 is 0 Å². The number of hydrogen-bond acceptors (Lipinski definition) is 5. The molecule has 5 nitrogen and oxygen atoms in total. The van der Waals surface area contributed by atoms with Gasteiger partial charge in [0.15, 0.2) is 0 Å². The topological polar surface area (TPSA) is 56.6 Å². The van der Waals surface area contributed by atoms with E-state index >= 15 is 0 Å². The lowest BCUT2D eigenvalue weighted by molar-refractivity contribution is -0.129. The number of rotatable bonds is 3. The third kappa shape index (κ3) is 3.32. The summed E-state index contributed by atoms with van der Waals surface area (Å²) < 4.78 is 5.46. The Balaban J connectivity index is 1.68. The number of thioether (sulfide) groups is 1. The van der Waals surface area contributed by atoms with Crippen LogP contribution in [0.25, 0.3) is 0 Å². The number of methoxy groups -OCH3 is 1. The van der Waals surface area contributed by atoms with Crippen LogP contribution in [-0.2, 0) is 4.79 Å². The van der Waals surface area contributed by atoms with E-state index in [4.69, 9.17) is 16.3 Å². The van der Waals surface area contributed by atoms with Crippen LogP contribution in [0.1, 0.15) is 17.9 Å². The maximum Gasteiger partial charge on any atom is 0.229 e. The predicted molar refractivity (Wildman–Crippen MR) is 111 cm³/mol. The van der Waals surface area contributed by atoms with Crippen LogP contribution in [0.15, 0.2) is 59.1 Å². The molecule has 0 radical (unpaired) electrons. The monoisotopic (exact) mass is 411 g/mol. The summed E-state index contributed by atoms with van der Waals surface area (Å²) in [5.41, 5.74) is 2.50. The number of carbonyl (C=O) groups excluding carboxylic acids is 1. The summed E-state index contributed by atoms with van der Waals surface area (Å²) in [6, 6.07) is 17.5. The lowest BCUT2D eigenvalue weighted by atomic mass is 9.86. The van der Waals surface area contributed by atoms with Gasteiger partial charge in [0.05, 0.1) is 36.3 Å². The summed E-state index contributed by atoms with van der Waals surface area (Å²) in [7, 11) is 1.61. The molecule has 2 aromatic carbocycles. The van der Waals surface area contributed by atoms with E-state index < -0.39 is 0 Å². The number of amides is 1. The number of carbonyl (C=O) groups is 1. The summed E-state index contributed by atoms with van der Waals surface area (Å²) in [5, 5.41) is 11.3. The fourth-order valence-corrected chi connectivity index (χ4v) is 4.89. The van der Waals surface area contributed by atoms with Gasteiger partial charge in [0.2, 0.25) is 5.91 Å². The minimum Gasteiger partial charge on any atom is -0.496 e. The Morgan fingerprint density at radius 1 is 1.21 bits per heavy atom. The predicted octanol–water partition coefficient (Wildman–Crippen LogP) is 4.57. The average molecular weight is 412 g/mol. The fraction of sp³-hybridized carbons (Fsp3) is 0.238. The van der Waals surface area contributed by atoms with Gasteiger partial charge in [-0.05, 0) is 30.3 Å². The summed E-state index contributed by atoms with van der Waals surface area (Å²) in [6.07, 6.45) is 0.252. The molecule has 0 saturated carbocycles. The molecule has 7 heteroatoms. The number of hydrogen-bond donors (Lipinski definition) is 0. The van der Waals surface area contributed by atoms with Gasteiger partial charge in [-0.15, -0.1) is 0 Å². The Kier molecular flexibility index (Phi) is 5.21. The molecule has 142 valence electrons. The standard InChI is InChI=1S/C21H18ClN3O2S/c1-27-19-5-3-2-4-16(19)17-10-20(26)25-12-24(13-28-21(25)18(17)11-23)15-8-6-14(22)7-9-15/h2-9,17H,10,12-13H2,1H3/t17-/m1/s1. The molecule has 0 aliphatic carbocycles. The minimum atomic E-state index is -0.283. The van der Waals surface area contributed by atoms with Crippen molar-refractivity contribution in [1.82, 2.24) is 4.90 Å². The van der Waals surface area contributed by atoms with Gasteiger partial charge in [-0.2, -0.15) is 5.26 Å². The van der Waals surface area contributed by atoms with Crippen LogP contribution >= 0.6 is 23.4 Å². The van der Waals surface area contributed by atoms with E-state index in [1.165, 1.54) is 11.8 Å². The van der Waals surface area contributed by atoms with Crippen molar-refractivity contribution in [2.75, 3.05) is 24.6 Å². The highest BCUT2D eigenvalue weighted by atomic mass is 35.5. The number of halogens is 1. The van der Waals surface area contributed by atoms with E-state index in [-0.39, 0.29) is 18.2 Å². The van der Waals surface area contributed by atoms with Crippen LogP contribution < -0.4 is 9.64 Å². The zero-order valence-electron chi connectivity index (χ0n) is 15.3. The highest BCUT2D eigenvalue weighted by molar-refractivity contribution is 8.03. The molecule has 1 amide bonds. The van der Waals surface area contributed by atoms with E-state index in [0.29, 0.717) is 28.9 Å². The first-order chi connectivity index (χ1) is 13.6. The van der Waals surface area contributed by atoms with Crippen molar-refractivity contribution in [1.29, 1.82) is 5.26 Å². The Morgan fingerprint density at radius 2 is 1.96 bits per heavy atom. The number of para-hydroxylation sites is 1. The molecule has 2 aromatic rings. The fourth-order valence-electron chi connectivity index (χ4n) is 3.60. The second kappa shape index (κ2) is 7.78. The Labute approximate surface area is 173 Å². The van der Waals surface area contributed by atoms with E-state index in [1.54, 1.807) is 12.0 Å². The molecule has 1 atom stereocenters. The largest absolute Gasteiger partial charge is 0.496 e. The molecule has 0 unspecified atom stereocenters. The Morgan fingerprint density at radius 3 is 2.68 bits per heavy atom. The first kappa shape index (κ1) is 18.7. The van der Waals surface area contributed by atoms with Gasteiger partial charge < -0.3 is 9.64 Å². The van der Waals surface area contributed by atoms with Gasteiger partial charge in [0.1, 0.15) is 5.75 Å². The van der Waals surface area contributed by atoms with Crippen molar-refractivity contribution in [3.63, 3.8) is 0 Å². The van der Waals surface area contributed by atoms with E-state index in [1.807, 2.05) is 48.5 Å². The van der Waals surface area contributed by atoms with E-state index in [2.05, 4.69) is 11.0 Å². The van der Waals surface area contributed by atoms with Crippen molar-refractivity contribution < 1.29 is 9.53 Å². The lowest BCUT2D eigenvalue weighted by Crippen LogP contribution is -2.47. The molecular weight excluding hydrogens is 394 g/mol. The summed E-state index contributed by atoms with van der Waals surface area (Å²) >= 11 is 7.50. The zero-order valence-corrected chi connectivity index (χ0v) is 16.8. The highest BCUT2D eigenvalue weighted by Crippen LogP contribution is 2.45. The molecule has 0 bridgehead atoms. The van der Waals surface area contributed by atoms with Gasteiger partial charge in [-0.25, -0.2) is 0 Å². The van der Waals surface area contributed by atoms with Crippen LogP contribution in [0.4, 0.5) is 5.69 Å². The number of fused-ring (bicyclic) bond motifs is 1. The van der Waals surface area contributed by atoms with Crippen LogP contribution in [0.2, 0.25) is 5.02 Å². The van der Waals surface area contributed by atoms with Crippen molar-refractivity contribution in [3.8, 4) is 11.8 Å². The number of anilines is 1. The molecule has 0 spiro atoms. The first-order valence-corrected chi connectivity index (χ1v) is 10.2. The summed E-state index contributed by atoms with van der Waals surface area (Å²) in [5.74, 6) is 1.08. The van der Waals surface area contributed by atoms with Gasteiger partial charge in [-0.3, -0.25) is 9.69 Å². The molecular formula is C21H18ClN3O2S. The molecule has 2 heterocycles. The Hall–Kier alpha value is -2.62. The molecule has 0 N–H and O–H groups in total. The van der Waals surface area contributed by atoms with Crippen molar-refractivity contribution in [2.24, 2.45) is 0 Å². The highest BCUT2D eigenvalue weighted by Gasteiger charge is 2.39. The van der Waals surface area contributed by atoms with Crippen molar-refractivity contribution >= 4 is 35.0 Å². The van der Waals surface area contributed by atoms with Crippen LogP contribution in [0, 0.1) is 11.3 Å². The second-order valence-corrected chi connectivity index (χ2v) is 7.95. The smallest absolute Gasteiger partial charge is 0.229 e. The maximum atomic E-state index is 13.0. The number of allylic oxidation sites excluding steroid dienone is 1. The van der Waals surface area contributed by atoms with Crippen molar-refractivity contribution in [2.45, 2.75) is 12.3 Å². The summed E-state index contributed by atoms with van der Waals surface area (Å²) in [4.78, 5) is 16.8. The van der Waals surface area contributed by atoms with Crippen molar-refractivity contribution in [3.05, 3.63) is 69.7 Å². The van der Waals surface area contributed by atoms with E-state index in [0.717, 1.165) is 16.3 Å². The minimum absolute atomic E-state index is 0.0102. The summed E-state index contributed by atoms with van der Waals surface area (Å²) in [6.45, 7) is 0.423. The lowest BCUT2D eigenvalue weighted by Gasteiger charge is -2.42. The Bertz CT molecular complexity index is 984. The number of nitrogens with zero attached hydrogens (tertiary/aromatic N) is 3. The molecule has 28 heavy (non-hydrogen) atoms. The quantitative estimate of drug-likeness (QED) is 0.740. The maximum absolute atomic E-state index is 13.0. The van der Waals surface area contributed by atoms with Crippen LogP contribution in [-0.4, -0.2) is 30.5 Å². The number of nitriles is 1. The SMILES string of the molecule is COc1ccccc1[C@H]1CC(=O)N2CN(c3ccc(Cl)cc3)CSC2=C1C#N. The normalized spacial score (nSPS) is 19.3. The third-order valence-corrected chi connectivity index (χ3v) is 6.41.